The largest absolute Gasteiger partial charge is 0.342 e. The maximum atomic E-state index is 14.3. The molecule has 3 rings (SSSR count). The van der Waals surface area contributed by atoms with E-state index in [1.54, 1.807) is 29.2 Å². The number of carbonyl (C=O) groups excluding carboxylic acids is 1. The van der Waals surface area contributed by atoms with E-state index in [1.165, 1.54) is 18.2 Å². The minimum absolute atomic E-state index is 0.0147. The van der Waals surface area contributed by atoms with Gasteiger partial charge in [0.05, 0.1) is 18.2 Å². The van der Waals surface area contributed by atoms with Crippen molar-refractivity contribution >= 4 is 15.9 Å². The van der Waals surface area contributed by atoms with Crippen molar-refractivity contribution in [2.75, 3.05) is 19.3 Å². The van der Waals surface area contributed by atoms with Crippen LogP contribution in [0.15, 0.2) is 42.5 Å². The molecule has 5 nitrogen and oxygen atoms in total. The van der Waals surface area contributed by atoms with Gasteiger partial charge < -0.3 is 4.90 Å². The molecule has 30 heavy (non-hydrogen) atoms. The summed E-state index contributed by atoms with van der Waals surface area (Å²) in [6.45, 7) is 2.85. The minimum Gasteiger partial charge on any atom is -0.342 e. The second-order valence-electron chi connectivity index (χ2n) is 7.89. The van der Waals surface area contributed by atoms with Crippen molar-refractivity contribution in [2.45, 2.75) is 32.2 Å². The summed E-state index contributed by atoms with van der Waals surface area (Å²) in [5.74, 6) is -1.54. The number of nitrogens with zero attached hydrogens (tertiary/aromatic N) is 1. The van der Waals surface area contributed by atoms with Crippen molar-refractivity contribution in [3.63, 3.8) is 0 Å². The molecule has 2 atom stereocenters. The van der Waals surface area contributed by atoms with Gasteiger partial charge in [0.2, 0.25) is 15.9 Å². The van der Waals surface area contributed by atoms with Crippen LogP contribution in [-0.4, -0.2) is 44.6 Å². The number of carbonyl (C=O) groups is 1. The SMILES string of the molecule is CC1CN(C(=O)Cc2ccccc2-c2c(F)cccc2F)CCCC1NS(C)(=O)=O. The average Bonchev–Trinajstić information content (AvgIpc) is 2.83. The first-order valence-corrected chi connectivity index (χ1v) is 11.8. The first kappa shape index (κ1) is 22.4. The van der Waals surface area contributed by atoms with Crippen LogP contribution >= 0.6 is 0 Å². The Hall–Kier alpha value is -2.32. The van der Waals surface area contributed by atoms with E-state index in [2.05, 4.69) is 4.72 Å². The van der Waals surface area contributed by atoms with Crippen molar-refractivity contribution in [1.29, 1.82) is 0 Å². The zero-order chi connectivity index (χ0) is 21.9. The van der Waals surface area contributed by atoms with Gasteiger partial charge in [0.25, 0.3) is 0 Å². The van der Waals surface area contributed by atoms with Crippen LogP contribution in [0.25, 0.3) is 11.1 Å². The second-order valence-corrected chi connectivity index (χ2v) is 9.67. The van der Waals surface area contributed by atoms with Crippen LogP contribution in [0.3, 0.4) is 0 Å². The Bertz CT molecular complexity index is 1010. The topological polar surface area (TPSA) is 66.5 Å². The standard InChI is InChI=1S/C22H26F2N2O3S/c1-15-14-26(12-6-11-20(15)25-30(2,28)29)21(27)13-16-7-3-4-8-17(16)22-18(23)9-5-10-19(22)24/h3-5,7-10,15,20,25H,6,11-14H2,1-2H3. The highest BCUT2D eigenvalue weighted by Gasteiger charge is 2.28. The molecule has 2 aromatic rings. The third-order valence-electron chi connectivity index (χ3n) is 5.45. The van der Waals surface area contributed by atoms with E-state index in [0.29, 0.717) is 37.1 Å². The lowest BCUT2D eigenvalue weighted by atomic mass is 9.96. The van der Waals surface area contributed by atoms with Gasteiger partial charge in [-0.3, -0.25) is 4.79 Å². The molecular weight excluding hydrogens is 410 g/mol. The van der Waals surface area contributed by atoms with Crippen LogP contribution in [0.5, 0.6) is 0 Å². The van der Waals surface area contributed by atoms with Crippen molar-refractivity contribution in [2.24, 2.45) is 5.92 Å². The number of likely N-dealkylation sites (tertiary alicyclic amines) is 1. The molecule has 1 heterocycles. The molecule has 2 unspecified atom stereocenters. The van der Waals surface area contributed by atoms with E-state index in [-0.39, 0.29) is 29.9 Å². The van der Waals surface area contributed by atoms with Gasteiger partial charge in [-0.2, -0.15) is 0 Å². The molecule has 1 aliphatic rings. The van der Waals surface area contributed by atoms with Gasteiger partial charge in [-0.15, -0.1) is 0 Å². The molecular formula is C22H26F2N2O3S. The van der Waals surface area contributed by atoms with Gasteiger partial charge in [0.15, 0.2) is 0 Å². The molecule has 1 N–H and O–H groups in total. The molecule has 0 bridgehead atoms. The van der Waals surface area contributed by atoms with Crippen LogP contribution in [-0.2, 0) is 21.2 Å². The summed E-state index contributed by atoms with van der Waals surface area (Å²) >= 11 is 0. The van der Waals surface area contributed by atoms with Crippen molar-refractivity contribution in [3.8, 4) is 11.1 Å². The highest BCUT2D eigenvalue weighted by Crippen LogP contribution is 2.30. The molecule has 0 radical (unpaired) electrons. The number of amides is 1. The van der Waals surface area contributed by atoms with E-state index in [0.717, 1.165) is 6.26 Å². The number of nitrogens with one attached hydrogen (secondary N) is 1. The maximum absolute atomic E-state index is 14.3. The fraction of sp³-hybridized carbons (Fsp3) is 0.409. The van der Waals surface area contributed by atoms with E-state index < -0.39 is 21.7 Å². The number of hydrogen-bond acceptors (Lipinski definition) is 3. The molecule has 1 aliphatic heterocycles. The Labute approximate surface area is 176 Å². The monoisotopic (exact) mass is 436 g/mol. The zero-order valence-electron chi connectivity index (χ0n) is 17.1. The third-order valence-corrected chi connectivity index (χ3v) is 6.18. The molecule has 1 amide bonds. The average molecular weight is 437 g/mol. The van der Waals surface area contributed by atoms with Gasteiger partial charge >= 0.3 is 0 Å². The molecule has 8 heteroatoms. The molecule has 1 saturated heterocycles. The van der Waals surface area contributed by atoms with Crippen LogP contribution in [0, 0.1) is 17.6 Å². The molecule has 2 aromatic carbocycles. The number of hydrogen-bond donors (Lipinski definition) is 1. The lowest BCUT2D eigenvalue weighted by Gasteiger charge is -2.26. The molecule has 0 aromatic heterocycles. The van der Waals surface area contributed by atoms with E-state index in [4.69, 9.17) is 0 Å². The molecule has 1 fully saturated rings. The van der Waals surface area contributed by atoms with Crippen molar-refractivity contribution in [3.05, 3.63) is 59.7 Å². The first-order chi connectivity index (χ1) is 14.2. The summed E-state index contributed by atoms with van der Waals surface area (Å²) in [6, 6.07) is 10.2. The lowest BCUT2D eigenvalue weighted by molar-refractivity contribution is -0.130. The Morgan fingerprint density at radius 3 is 2.47 bits per heavy atom. The van der Waals surface area contributed by atoms with Crippen molar-refractivity contribution in [1.82, 2.24) is 9.62 Å². The summed E-state index contributed by atoms with van der Waals surface area (Å²) in [7, 11) is -3.33. The molecule has 0 saturated carbocycles. The van der Waals surface area contributed by atoms with Crippen LogP contribution in [0.1, 0.15) is 25.3 Å². The number of sulfonamides is 1. The fourth-order valence-electron chi connectivity index (χ4n) is 3.98. The quantitative estimate of drug-likeness (QED) is 0.782. The van der Waals surface area contributed by atoms with Crippen molar-refractivity contribution < 1.29 is 22.0 Å². The van der Waals surface area contributed by atoms with Crippen LogP contribution < -0.4 is 4.72 Å². The second kappa shape index (κ2) is 9.22. The lowest BCUT2D eigenvalue weighted by Crippen LogP contribution is -2.42. The smallest absolute Gasteiger partial charge is 0.227 e. The summed E-state index contributed by atoms with van der Waals surface area (Å²) in [4.78, 5) is 14.7. The van der Waals surface area contributed by atoms with E-state index >= 15 is 0 Å². The third kappa shape index (κ3) is 5.43. The number of rotatable bonds is 5. The number of benzene rings is 2. The normalized spacial score (nSPS) is 20.1. The first-order valence-electron chi connectivity index (χ1n) is 9.93. The Morgan fingerprint density at radius 1 is 1.13 bits per heavy atom. The van der Waals surface area contributed by atoms with Gasteiger partial charge in [-0.05, 0) is 42.0 Å². The summed E-state index contributed by atoms with van der Waals surface area (Å²) in [6.07, 6.45) is 2.47. The van der Waals surface area contributed by atoms with Gasteiger partial charge in [-0.25, -0.2) is 21.9 Å². The fourth-order valence-corrected chi connectivity index (χ4v) is 4.88. The van der Waals surface area contributed by atoms with E-state index in [9.17, 15) is 22.0 Å². The van der Waals surface area contributed by atoms with Crippen LogP contribution in [0.2, 0.25) is 0 Å². The Kier molecular flexibility index (Phi) is 6.88. The predicted molar refractivity (Wildman–Crippen MR) is 112 cm³/mol. The highest BCUT2D eigenvalue weighted by molar-refractivity contribution is 7.88. The Balaban J connectivity index is 1.79. The van der Waals surface area contributed by atoms with Gasteiger partial charge in [-0.1, -0.05) is 37.3 Å². The molecule has 0 spiro atoms. The molecule has 162 valence electrons. The maximum Gasteiger partial charge on any atom is 0.227 e. The van der Waals surface area contributed by atoms with Crippen LogP contribution in [0.4, 0.5) is 8.78 Å². The predicted octanol–water partition coefficient (Wildman–Crippen LogP) is 3.35. The summed E-state index contributed by atoms with van der Waals surface area (Å²) in [5.41, 5.74) is 0.776. The van der Waals surface area contributed by atoms with Gasteiger partial charge in [0, 0.05) is 19.1 Å². The van der Waals surface area contributed by atoms with E-state index in [1.807, 2.05) is 6.92 Å². The zero-order valence-corrected chi connectivity index (χ0v) is 17.9. The molecule has 0 aliphatic carbocycles. The summed E-state index contributed by atoms with van der Waals surface area (Å²) < 4.78 is 54.4. The Morgan fingerprint density at radius 2 is 1.80 bits per heavy atom. The highest BCUT2D eigenvalue weighted by atomic mass is 32.2. The number of halogens is 2. The minimum atomic E-state index is -3.33. The van der Waals surface area contributed by atoms with Gasteiger partial charge in [0.1, 0.15) is 11.6 Å². The summed E-state index contributed by atoms with van der Waals surface area (Å²) in [5, 5.41) is 0.